The number of nitrogens with one attached hydrogen (secondary N) is 4. The van der Waals surface area contributed by atoms with Crippen LogP contribution in [0.4, 0.5) is 23.3 Å². The van der Waals surface area contributed by atoms with Gasteiger partial charge in [0.25, 0.3) is 0 Å². The zero-order valence-corrected chi connectivity index (χ0v) is 67.2. The summed E-state index contributed by atoms with van der Waals surface area (Å²) in [5.74, 6) is 4.35. The van der Waals surface area contributed by atoms with Crippen molar-refractivity contribution in [3.8, 4) is 68.3 Å². The fourth-order valence-electron chi connectivity index (χ4n) is 12.9. The zero-order valence-electron chi connectivity index (χ0n) is 67.2. The Kier molecular flexibility index (Phi) is 27.8. The van der Waals surface area contributed by atoms with E-state index in [9.17, 15) is 20.4 Å². The molecule has 28 heteroatoms. The molecular weight excluding hydrogens is 1420 g/mol. The van der Waals surface area contributed by atoms with Crippen LogP contribution in [0.5, 0.6) is 0 Å². The summed E-state index contributed by atoms with van der Waals surface area (Å²) >= 11 is 0. The number of aliphatic hydroxyl groups excluding tert-OH is 4. The molecule has 0 spiro atoms. The van der Waals surface area contributed by atoms with Gasteiger partial charge in [-0.05, 0) is 215 Å². The summed E-state index contributed by atoms with van der Waals surface area (Å²) in [6, 6.07) is 34.5. The normalized spacial score (nSPS) is 13.2. The largest absolute Gasteiger partial charge is 0.390 e. The highest BCUT2D eigenvalue weighted by Crippen LogP contribution is 2.32. The number of imidazole rings is 4. The van der Waals surface area contributed by atoms with E-state index in [1.54, 1.807) is 25.3 Å². The summed E-state index contributed by atoms with van der Waals surface area (Å²) < 4.78 is 7.43. The lowest BCUT2D eigenvalue weighted by molar-refractivity contribution is 0.276. The van der Waals surface area contributed by atoms with Crippen molar-refractivity contribution in [2.24, 2.45) is 11.8 Å². The molecule has 0 radical (unpaired) electrons. The van der Waals surface area contributed by atoms with Crippen molar-refractivity contribution in [2.45, 2.75) is 193 Å². The van der Waals surface area contributed by atoms with Crippen molar-refractivity contribution in [3.05, 3.63) is 227 Å². The Bertz CT molecular complexity index is 5300. The molecule has 0 bridgehead atoms. The second kappa shape index (κ2) is 38.3. The first-order valence-corrected chi connectivity index (χ1v) is 38.5. The van der Waals surface area contributed by atoms with Gasteiger partial charge in [-0.1, -0.05) is 70.4 Å². The number of hydrogen-bond donors (Lipinski definition) is 8. The lowest BCUT2D eigenvalue weighted by atomic mass is 9.84. The Balaban J connectivity index is 0.000000149. The van der Waals surface area contributed by atoms with Crippen LogP contribution < -0.4 is 21.3 Å². The van der Waals surface area contributed by atoms with E-state index >= 15 is 0 Å². The molecule has 113 heavy (non-hydrogen) atoms. The third-order valence-corrected chi connectivity index (χ3v) is 20.1. The van der Waals surface area contributed by atoms with Gasteiger partial charge >= 0.3 is 0 Å². The summed E-state index contributed by atoms with van der Waals surface area (Å²) in [4.78, 5) is 35.3. The molecule has 0 unspecified atom stereocenters. The highest BCUT2D eigenvalue weighted by molar-refractivity contribution is 5.64. The highest BCUT2D eigenvalue weighted by atomic mass is 16.3. The number of anilines is 4. The topological polar surface area (TPSA) is 355 Å². The molecular formula is C85H104N24O4. The molecule has 4 atom stereocenters. The molecule has 1 aliphatic rings. The number of benzene rings is 1. The fourth-order valence-corrected chi connectivity index (χ4v) is 12.9. The average molecular weight is 1530 g/mol. The summed E-state index contributed by atoms with van der Waals surface area (Å²) in [5, 5.41) is 87.8. The monoisotopic (exact) mass is 1520 g/mol. The highest BCUT2D eigenvalue weighted by Gasteiger charge is 2.23. The van der Waals surface area contributed by atoms with E-state index in [0.29, 0.717) is 98.3 Å². The van der Waals surface area contributed by atoms with E-state index in [1.165, 1.54) is 37.7 Å². The summed E-state index contributed by atoms with van der Waals surface area (Å²) in [6.45, 7) is 30.1. The molecule has 0 aliphatic heterocycles. The van der Waals surface area contributed by atoms with Crippen LogP contribution in [0.2, 0.25) is 0 Å². The Morgan fingerprint density at radius 2 is 0.690 bits per heavy atom. The molecule has 1 saturated carbocycles. The van der Waals surface area contributed by atoms with E-state index in [2.05, 4.69) is 163 Å². The van der Waals surface area contributed by atoms with Crippen LogP contribution in [0.15, 0.2) is 153 Å². The molecule has 12 aromatic heterocycles. The van der Waals surface area contributed by atoms with Crippen molar-refractivity contribution in [1.82, 2.24) is 98.9 Å². The number of hydrogen-bond acceptors (Lipinski definition) is 24. The predicted molar refractivity (Wildman–Crippen MR) is 441 cm³/mol. The third-order valence-electron chi connectivity index (χ3n) is 20.1. The van der Waals surface area contributed by atoms with E-state index in [0.717, 1.165) is 97.5 Å². The number of aromatic nitrogens is 20. The number of pyridine rings is 4. The molecule has 0 saturated heterocycles. The predicted octanol–water partition coefficient (Wildman–Crippen LogP) is 14.6. The van der Waals surface area contributed by atoms with E-state index in [4.69, 9.17) is 0 Å². The molecule has 1 aromatic carbocycles. The number of nitrogens with zero attached hydrogens (tertiary/aromatic N) is 20. The SMILES string of the molecule is CC[C@H](C)Nc1nnc(-c2ccc(-n3cnc(C)c3)c(CO)n2)cc1C.Cc1cn(-c2ccc(-c3cc(C)c(N[C@@H](C)C(C)C)nn3)nc2CO)cn1.Cc1cn(-c2ccc(-c3cc(C)c(N[C@@H](C)C4CCCCC4)nn3)nc2CO)cn1.Cc1cn(-c2ccc(-c3cc(C)c(N[C@@H](C)c4ccccc4)nn3)nc2CO)cn1. The van der Waals surface area contributed by atoms with E-state index in [1.807, 2.05) is 189 Å². The van der Waals surface area contributed by atoms with Crippen LogP contribution in [0, 0.1) is 67.2 Å². The average Bonchev–Trinajstić information content (AvgIpc) is 1.38. The van der Waals surface area contributed by atoms with Gasteiger partial charge in [0.15, 0.2) is 23.3 Å². The van der Waals surface area contributed by atoms with Crippen LogP contribution in [-0.2, 0) is 26.4 Å². The molecule has 12 heterocycles. The molecule has 0 amide bonds. The van der Waals surface area contributed by atoms with Crippen LogP contribution in [0.3, 0.4) is 0 Å². The van der Waals surface area contributed by atoms with Gasteiger partial charge in [-0.3, -0.25) is 0 Å². The summed E-state index contributed by atoms with van der Waals surface area (Å²) in [7, 11) is 0. The Morgan fingerprint density at radius 3 is 0.982 bits per heavy atom. The Morgan fingerprint density at radius 1 is 0.372 bits per heavy atom. The quantitative estimate of drug-likeness (QED) is 0.0278. The minimum atomic E-state index is -0.180. The maximum Gasteiger partial charge on any atom is 0.152 e. The van der Waals surface area contributed by atoms with Gasteiger partial charge in [-0.2, -0.15) is 0 Å². The van der Waals surface area contributed by atoms with Gasteiger partial charge in [0, 0.05) is 42.9 Å². The van der Waals surface area contributed by atoms with Gasteiger partial charge in [0.1, 0.15) is 22.8 Å². The smallest absolute Gasteiger partial charge is 0.152 e. The molecule has 14 rings (SSSR count). The molecule has 1 aliphatic carbocycles. The first-order chi connectivity index (χ1) is 54.5. The van der Waals surface area contributed by atoms with Crippen molar-refractivity contribution in [3.63, 3.8) is 0 Å². The van der Waals surface area contributed by atoms with Gasteiger partial charge in [-0.25, -0.2) is 39.9 Å². The summed E-state index contributed by atoms with van der Waals surface area (Å²) in [5.41, 5.74) is 19.8. The van der Waals surface area contributed by atoms with Crippen molar-refractivity contribution < 1.29 is 20.4 Å². The van der Waals surface area contributed by atoms with Gasteiger partial charge in [-0.15, -0.1) is 40.8 Å². The van der Waals surface area contributed by atoms with Crippen LogP contribution in [0.25, 0.3) is 68.3 Å². The zero-order chi connectivity index (χ0) is 80.4. The van der Waals surface area contributed by atoms with Gasteiger partial charge in [0.2, 0.25) is 0 Å². The maximum absolute atomic E-state index is 9.84. The number of rotatable bonds is 24. The van der Waals surface area contributed by atoms with Gasteiger partial charge in [0.05, 0.1) is 149 Å². The number of aryl methyl sites for hydroxylation is 8. The lowest BCUT2D eigenvalue weighted by Gasteiger charge is -2.28. The molecule has 1 fully saturated rings. The molecule has 8 N–H and O–H groups in total. The Hall–Kier alpha value is -12.0. The Labute approximate surface area is 660 Å². The van der Waals surface area contributed by atoms with Crippen molar-refractivity contribution in [2.75, 3.05) is 21.3 Å². The minimum absolute atomic E-state index is 0.113. The maximum atomic E-state index is 9.84. The first-order valence-electron chi connectivity index (χ1n) is 38.5. The van der Waals surface area contributed by atoms with E-state index < -0.39 is 0 Å². The summed E-state index contributed by atoms with van der Waals surface area (Å²) in [6.07, 6.45) is 22.1. The second-order valence-corrected chi connectivity index (χ2v) is 29.3. The standard InChI is InChI=1S/C23H30N6O.C23H24N6O.C20H26N6O.C19H24N6O/c2*1-15-11-20(27-28-23(15)25-17(3)18-7-5-4-6-8-18)19-9-10-22(21(13-30)26-19)29-12-16(2)24-14-29;1-12(2)15(5)22-20-13(3)8-17(24-25-20)16-6-7-19(18(10-27)23-16)26-9-14(4)21-11-26;1-5-13(3)21-19-12(2)8-16(23-24-19)15-6-7-18(17(10-26)22-15)25-9-14(4)20-11-25/h9-12,14,17-18,30H,4-8,13H2,1-3H3,(H,25,28);4-12,14,17,30H,13H2,1-3H3,(H,25,28);6-9,11-12,15,27H,10H2,1-5H3,(H,22,25);6-9,11,13,26H,5,10H2,1-4H3,(H,21,24)/t2*17-;15-;13-/m0000/s1. The minimum Gasteiger partial charge on any atom is -0.390 e. The van der Waals surface area contributed by atoms with Crippen LogP contribution in [0.1, 0.15) is 166 Å². The van der Waals surface area contributed by atoms with Crippen LogP contribution in [-0.4, -0.2) is 137 Å². The number of aliphatic hydroxyl groups is 4. The van der Waals surface area contributed by atoms with Crippen molar-refractivity contribution >= 4 is 23.3 Å². The lowest BCUT2D eigenvalue weighted by Crippen LogP contribution is -2.28. The molecule has 588 valence electrons. The first kappa shape index (κ1) is 82.0. The molecule has 13 aromatic rings. The second-order valence-electron chi connectivity index (χ2n) is 29.3. The third kappa shape index (κ3) is 21.0. The van der Waals surface area contributed by atoms with Gasteiger partial charge < -0.3 is 60.0 Å². The van der Waals surface area contributed by atoms with E-state index in [-0.39, 0.29) is 32.5 Å². The molecule has 28 nitrogen and oxygen atoms in total. The van der Waals surface area contributed by atoms with Crippen LogP contribution >= 0.6 is 0 Å². The fraction of sp³-hybridized carbons (Fsp3) is 0.365. The van der Waals surface area contributed by atoms with Crippen molar-refractivity contribution in [1.29, 1.82) is 0 Å².